The summed E-state index contributed by atoms with van der Waals surface area (Å²) in [4.78, 5) is 11.7. The number of unbranched alkanes of at least 4 members (excludes halogenated alkanes) is 4. The van der Waals surface area contributed by atoms with Gasteiger partial charge in [0.1, 0.15) is 0 Å². The number of halogens is 1. The number of hydrogen-bond donors (Lipinski definition) is 1. The summed E-state index contributed by atoms with van der Waals surface area (Å²) < 4.78 is 0. The van der Waals surface area contributed by atoms with E-state index in [9.17, 15) is 4.79 Å². The second-order valence-electron chi connectivity index (χ2n) is 4.52. The van der Waals surface area contributed by atoms with E-state index in [2.05, 4.69) is 12.2 Å². The Morgan fingerprint density at radius 1 is 1.32 bits per heavy atom. The Morgan fingerprint density at radius 3 is 2.68 bits per heavy atom. The van der Waals surface area contributed by atoms with Gasteiger partial charge in [0.2, 0.25) is 5.91 Å². The largest absolute Gasteiger partial charge is 0.325 e. The number of rotatable bonds is 7. The average molecular weight is 279 g/mol. The quantitative estimate of drug-likeness (QED) is 0.746. The zero-order valence-corrected chi connectivity index (χ0v) is 12.0. The Kier molecular flexibility index (Phi) is 6.99. The predicted octanol–water partition coefficient (Wildman–Crippen LogP) is 4.51. The highest BCUT2D eigenvalue weighted by atomic mass is 35.5. The van der Waals surface area contributed by atoms with Crippen molar-refractivity contribution in [3.05, 3.63) is 28.8 Å². The van der Waals surface area contributed by atoms with Crippen molar-refractivity contribution in [3.63, 3.8) is 0 Å². The molecule has 0 bridgehead atoms. The maximum atomic E-state index is 11.7. The molecule has 4 heteroatoms. The standard InChI is InChI=1S/C15H19ClN2O/c1-2-3-4-5-6-7-15(19)18-14-9-8-12(11-17)10-13(14)16/h8-10H,2-7H2,1H3,(H,18,19). The van der Waals surface area contributed by atoms with Gasteiger partial charge in [-0.15, -0.1) is 0 Å². The molecule has 0 aliphatic heterocycles. The van der Waals surface area contributed by atoms with E-state index in [1.165, 1.54) is 19.3 Å². The zero-order chi connectivity index (χ0) is 14.1. The predicted molar refractivity (Wildman–Crippen MR) is 78.2 cm³/mol. The Morgan fingerprint density at radius 2 is 2.05 bits per heavy atom. The van der Waals surface area contributed by atoms with Crippen molar-refractivity contribution in [2.75, 3.05) is 5.32 Å². The maximum Gasteiger partial charge on any atom is 0.224 e. The van der Waals surface area contributed by atoms with Gasteiger partial charge >= 0.3 is 0 Å². The lowest BCUT2D eigenvalue weighted by atomic mass is 10.1. The van der Waals surface area contributed by atoms with Crippen LogP contribution in [0, 0.1) is 11.3 Å². The van der Waals surface area contributed by atoms with E-state index >= 15 is 0 Å². The minimum Gasteiger partial charge on any atom is -0.325 e. The summed E-state index contributed by atoms with van der Waals surface area (Å²) in [7, 11) is 0. The fourth-order valence-corrected chi connectivity index (χ4v) is 2.02. The molecule has 102 valence electrons. The number of anilines is 1. The number of benzene rings is 1. The second kappa shape index (κ2) is 8.55. The minimum atomic E-state index is -0.0249. The molecule has 1 amide bonds. The van der Waals surface area contributed by atoms with Crippen molar-refractivity contribution >= 4 is 23.2 Å². The van der Waals surface area contributed by atoms with Crippen molar-refractivity contribution in [2.24, 2.45) is 0 Å². The normalized spacial score (nSPS) is 9.95. The van der Waals surface area contributed by atoms with E-state index in [-0.39, 0.29) is 5.91 Å². The fraction of sp³-hybridized carbons (Fsp3) is 0.467. The average Bonchev–Trinajstić information content (AvgIpc) is 2.41. The van der Waals surface area contributed by atoms with Gasteiger partial charge in [0.25, 0.3) is 0 Å². The summed E-state index contributed by atoms with van der Waals surface area (Å²) in [5, 5.41) is 11.9. The third kappa shape index (κ3) is 5.76. The fourth-order valence-electron chi connectivity index (χ4n) is 1.79. The first kappa shape index (κ1) is 15.5. The van der Waals surface area contributed by atoms with Gasteiger partial charge in [0.05, 0.1) is 22.3 Å². The van der Waals surface area contributed by atoms with Crippen LogP contribution in [0.5, 0.6) is 0 Å². The van der Waals surface area contributed by atoms with Crippen LogP contribution in [0.3, 0.4) is 0 Å². The molecule has 0 atom stereocenters. The number of nitrogens with one attached hydrogen (secondary N) is 1. The Labute approximate surface area is 119 Å². The van der Waals surface area contributed by atoms with Gasteiger partial charge in [-0.05, 0) is 24.6 Å². The molecule has 1 rings (SSSR count). The third-order valence-corrected chi connectivity index (χ3v) is 3.19. The highest BCUT2D eigenvalue weighted by molar-refractivity contribution is 6.33. The summed E-state index contributed by atoms with van der Waals surface area (Å²) in [6.45, 7) is 2.17. The minimum absolute atomic E-state index is 0.0249. The Balaban J connectivity index is 2.38. The first-order chi connectivity index (χ1) is 9.17. The molecular formula is C15H19ClN2O. The van der Waals surface area contributed by atoms with Crippen molar-refractivity contribution in [3.8, 4) is 6.07 Å². The number of nitriles is 1. The first-order valence-corrected chi connectivity index (χ1v) is 7.04. The van der Waals surface area contributed by atoms with Crippen LogP contribution in [0.4, 0.5) is 5.69 Å². The zero-order valence-electron chi connectivity index (χ0n) is 11.2. The summed E-state index contributed by atoms with van der Waals surface area (Å²) >= 11 is 5.99. The molecule has 0 heterocycles. The molecule has 3 nitrogen and oxygen atoms in total. The van der Waals surface area contributed by atoms with Gasteiger partial charge in [0, 0.05) is 6.42 Å². The molecule has 1 N–H and O–H groups in total. The van der Waals surface area contributed by atoms with Crippen LogP contribution in [0.15, 0.2) is 18.2 Å². The highest BCUT2D eigenvalue weighted by Crippen LogP contribution is 2.23. The lowest BCUT2D eigenvalue weighted by Gasteiger charge is -2.07. The van der Waals surface area contributed by atoms with Crippen LogP contribution < -0.4 is 5.32 Å². The monoisotopic (exact) mass is 278 g/mol. The van der Waals surface area contributed by atoms with Crippen molar-refractivity contribution in [1.29, 1.82) is 5.26 Å². The highest BCUT2D eigenvalue weighted by Gasteiger charge is 2.06. The van der Waals surface area contributed by atoms with Crippen LogP contribution in [0.2, 0.25) is 5.02 Å². The molecular weight excluding hydrogens is 260 g/mol. The summed E-state index contributed by atoms with van der Waals surface area (Å²) in [6, 6.07) is 6.86. The van der Waals surface area contributed by atoms with Crippen LogP contribution >= 0.6 is 11.6 Å². The van der Waals surface area contributed by atoms with Gasteiger partial charge in [0.15, 0.2) is 0 Å². The van der Waals surface area contributed by atoms with Crippen LogP contribution in [0.25, 0.3) is 0 Å². The molecule has 0 saturated carbocycles. The number of carbonyl (C=O) groups excluding carboxylic acids is 1. The molecule has 0 aliphatic carbocycles. The van der Waals surface area contributed by atoms with Crippen LogP contribution in [0.1, 0.15) is 51.0 Å². The number of nitrogens with zero attached hydrogens (tertiary/aromatic N) is 1. The molecule has 0 aromatic heterocycles. The second-order valence-corrected chi connectivity index (χ2v) is 4.93. The smallest absolute Gasteiger partial charge is 0.224 e. The molecule has 1 aromatic rings. The number of carbonyl (C=O) groups is 1. The molecule has 0 unspecified atom stereocenters. The summed E-state index contributed by atoms with van der Waals surface area (Å²) in [6.07, 6.45) is 6.11. The van der Waals surface area contributed by atoms with E-state index < -0.39 is 0 Å². The maximum absolute atomic E-state index is 11.7. The Bertz CT molecular complexity index is 466. The number of amides is 1. The molecule has 0 saturated heterocycles. The van der Waals surface area contributed by atoms with Gasteiger partial charge in [-0.25, -0.2) is 0 Å². The SMILES string of the molecule is CCCCCCCC(=O)Nc1ccc(C#N)cc1Cl. The van der Waals surface area contributed by atoms with Crippen molar-refractivity contribution in [1.82, 2.24) is 0 Å². The number of hydrogen-bond acceptors (Lipinski definition) is 2. The van der Waals surface area contributed by atoms with Crippen molar-refractivity contribution < 1.29 is 4.79 Å². The Hall–Kier alpha value is -1.53. The van der Waals surface area contributed by atoms with E-state index in [1.807, 2.05) is 6.07 Å². The summed E-state index contributed by atoms with van der Waals surface area (Å²) in [5.74, 6) is -0.0249. The van der Waals surface area contributed by atoms with E-state index in [0.29, 0.717) is 22.7 Å². The lowest BCUT2D eigenvalue weighted by Crippen LogP contribution is -2.11. The third-order valence-electron chi connectivity index (χ3n) is 2.88. The molecule has 0 radical (unpaired) electrons. The van der Waals surface area contributed by atoms with E-state index in [4.69, 9.17) is 16.9 Å². The molecule has 19 heavy (non-hydrogen) atoms. The molecule has 0 fully saturated rings. The van der Waals surface area contributed by atoms with Gasteiger partial charge in [-0.1, -0.05) is 44.2 Å². The molecule has 0 spiro atoms. The lowest BCUT2D eigenvalue weighted by molar-refractivity contribution is -0.116. The van der Waals surface area contributed by atoms with Gasteiger partial charge in [-0.3, -0.25) is 4.79 Å². The van der Waals surface area contributed by atoms with Crippen molar-refractivity contribution in [2.45, 2.75) is 45.4 Å². The van der Waals surface area contributed by atoms with E-state index in [0.717, 1.165) is 12.8 Å². The topological polar surface area (TPSA) is 52.9 Å². The van der Waals surface area contributed by atoms with Crippen LogP contribution in [-0.2, 0) is 4.79 Å². The summed E-state index contributed by atoms with van der Waals surface area (Å²) in [5.41, 5.74) is 1.06. The molecule has 0 aliphatic rings. The van der Waals surface area contributed by atoms with Gasteiger partial charge < -0.3 is 5.32 Å². The van der Waals surface area contributed by atoms with Gasteiger partial charge in [-0.2, -0.15) is 5.26 Å². The van der Waals surface area contributed by atoms with Crippen LogP contribution in [-0.4, -0.2) is 5.91 Å². The first-order valence-electron chi connectivity index (χ1n) is 6.67. The molecule has 1 aromatic carbocycles. The van der Waals surface area contributed by atoms with E-state index in [1.54, 1.807) is 18.2 Å².